The summed E-state index contributed by atoms with van der Waals surface area (Å²) in [6.45, 7) is 0. The monoisotopic (exact) mass is 348 g/mol. The van der Waals surface area contributed by atoms with E-state index < -0.39 is 29.6 Å². The summed E-state index contributed by atoms with van der Waals surface area (Å²) in [5.74, 6) is -2.24. The second kappa shape index (κ2) is 6.62. The van der Waals surface area contributed by atoms with Crippen molar-refractivity contribution in [2.75, 3.05) is 7.05 Å². The van der Waals surface area contributed by atoms with E-state index in [2.05, 4.69) is 10.4 Å². The highest BCUT2D eigenvalue weighted by Crippen LogP contribution is 2.30. The first-order valence-corrected chi connectivity index (χ1v) is 7.88. The summed E-state index contributed by atoms with van der Waals surface area (Å²) in [5, 5.41) is 6.84. The first kappa shape index (κ1) is 17.1. The van der Waals surface area contributed by atoms with E-state index in [-0.39, 0.29) is 17.9 Å². The molecule has 1 saturated heterocycles. The summed E-state index contributed by atoms with van der Waals surface area (Å²) in [4.78, 5) is 26.1. The summed E-state index contributed by atoms with van der Waals surface area (Å²) in [6, 6.07) is 3.63. The van der Waals surface area contributed by atoms with Crippen molar-refractivity contribution in [2.24, 2.45) is 7.05 Å². The largest absolute Gasteiger partial charge is 0.347 e. The molecule has 8 heteroatoms. The van der Waals surface area contributed by atoms with Crippen molar-refractivity contribution < 1.29 is 18.4 Å². The fraction of sp³-hybridized carbons (Fsp3) is 0.353. The van der Waals surface area contributed by atoms with E-state index in [1.165, 1.54) is 0 Å². The van der Waals surface area contributed by atoms with Crippen molar-refractivity contribution in [1.82, 2.24) is 20.0 Å². The molecular weight excluding hydrogens is 330 g/mol. The average molecular weight is 348 g/mol. The molecule has 0 bridgehead atoms. The lowest BCUT2D eigenvalue weighted by Gasteiger charge is -2.39. The van der Waals surface area contributed by atoms with Crippen LogP contribution < -0.4 is 5.32 Å². The molecule has 132 valence electrons. The van der Waals surface area contributed by atoms with Crippen LogP contribution in [0.1, 0.15) is 34.9 Å². The van der Waals surface area contributed by atoms with Crippen LogP contribution in [0.5, 0.6) is 0 Å². The summed E-state index contributed by atoms with van der Waals surface area (Å²) >= 11 is 0. The summed E-state index contributed by atoms with van der Waals surface area (Å²) in [5.41, 5.74) is 0.392. The molecule has 0 aliphatic carbocycles. The fourth-order valence-electron chi connectivity index (χ4n) is 3.19. The Morgan fingerprint density at radius 2 is 2.04 bits per heavy atom. The predicted octanol–water partition coefficient (Wildman–Crippen LogP) is 1.79. The maximum atomic E-state index is 13.8. The highest BCUT2D eigenvalue weighted by molar-refractivity contribution is 5.95. The molecule has 6 nitrogen and oxygen atoms in total. The first-order chi connectivity index (χ1) is 11.9. The normalized spacial score (nSPS) is 20.6. The molecule has 1 fully saturated rings. The van der Waals surface area contributed by atoms with Crippen LogP contribution in [0.15, 0.2) is 30.5 Å². The third kappa shape index (κ3) is 3.24. The van der Waals surface area contributed by atoms with E-state index in [0.29, 0.717) is 6.42 Å². The smallest absolute Gasteiger partial charge is 0.254 e. The Morgan fingerprint density at radius 1 is 1.28 bits per heavy atom. The van der Waals surface area contributed by atoms with Gasteiger partial charge in [-0.25, -0.2) is 8.78 Å². The second-order valence-electron chi connectivity index (χ2n) is 6.07. The summed E-state index contributed by atoms with van der Waals surface area (Å²) < 4.78 is 28.8. The minimum Gasteiger partial charge on any atom is -0.347 e. The molecule has 1 N–H and O–H groups in total. The van der Waals surface area contributed by atoms with Crippen LogP contribution in [0.2, 0.25) is 0 Å². The minimum atomic E-state index is -0.795. The molecule has 3 rings (SSSR count). The van der Waals surface area contributed by atoms with Crippen molar-refractivity contribution in [1.29, 1.82) is 0 Å². The number of aryl methyl sites for hydroxylation is 1. The van der Waals surface area contributed by atoms with Crippen molar-refractivity contribution in [3.8, 4) is 0 Å². The molecule has 2 heterocycles. The van der Waals surface area contributed by atoms with E-state index in [4.69, 9.17) is 0 Å². The number of likely N-dealkylation sites (N-methyl/N-ethyl adjacent to an activating group) is 1. The maximum absolute atomic E-state index is 13.8. The van der Waals surface area contributed by atoms with Crippen LogP contribution in [0.25, 0.3) is 0 Å². The molecule has 0 spiro atoms. The van der Waals surface area contributed by atoms with Gasteiger partial charge in [-0.15, -0.1) is 0 Å². The fourth-order valence-corrected chi connectivity index (χ4v) is 3.19. The Bertz CT molecular complexity index is 821. The molecule has 0 saturated carbocycles. The number of aromatic nitrogens is 2. The number of rotatable bonds is 3. The molecular formula is C17H18F2N4O2. The number of benzene rings is 1. The van der Waals surface area contributed by atoms with Crippen LogP contribution in [-0.4, -0.2) is 39.6 Å². The van der Waals surface area contributed by atoms with Gasteiger partial charge in [-0.2, -0.15) is 5.10 Å². The van der Waals surface area contributed by atoms with Gasteiger partial charge in [-0.1, -0.05) is 0 Å². The minimum absolute atomic E-state index is 0.0476. The zero-order chi connectivity index (χ0) is 18.1. The molecule has 1 aromatic carbocycles. The van der Waals surface area contributed by atoms with Gasteiger partial charge in [-0.3, -0.25) is 14.3 Å². The van der Waals surface area contributed by atoms with Gasteiger partial charge in [0.2, 0.25) is 5.91 Å². The number of hydrogen-bond donors (Lipinski definition) is 1. The number of carbonyl (C=O) groups excluding carboxylic acids is 2. The summed E-state index contributed by atoms with van der Waals surface area (Å²) in [6.07, 6.45) is 2.27. The lowest BCUT2D eigenvalue weighted by molar-refractivity contribution is -0.136. The zero-order valence-corrected chi connectivity index (χ0v) is 13.9. The first-order valence-electron chi connectivity index (χ1n) is 7.88. The number of halogens is 2. The van der Waals surface area contributed by atoms with E-state index in [9.17, 15) is 18.4 Å². The van der Waals surface area contributed by atoms with Gasteiger partial charge in [0.1, 0.15) is 11.6 Å². The SMILES string of the molecule is CN1C(=O)CC[C@@H](NC(=O)c2cc(F)ccc2F)[C@@H]1c1ccnn1C. The van der Waals surface area contributed by atoms with Gasteiger partial charge < -0.3 is 10.2 Å². The van der Waals surface area contributed by atoms with E-state index in [1.54, 1.807) is 35.9 Å². The molecule has 0 unspecified atom stereocenters. The van der Waals surface area contributed by atoms with Crippen LogP contribution in [0.4, 0.5) is 8.78 Å². The van der Waals surface area contributed by atoms with Crippen molar-refractivity contribution in [3.05, 3.63) is 53.4 Å². The Balaban J connectivity index is 1.89. The number of hydrogen-bond acceptors (Lipinski definition) is 3. The van der Waals surface area contributed by atoms with E-state index >= 15 is 0 Å². The highest BCUT2D eigenvalue weighted by Gasteiger charge is 2.37. The number of nitrogens with zero attached hydrogens (tertiary/aromatic N) is 3. The third-order valence-electron chi connectivity index (χ3n) is 4.51. The molecule has 0 radical (unpaired) electrons. The molecule has 25 heavy (non-hydrogen) atoms. The van der Waals surface area contributed by atoms with Gasteiger partial charge in [0.05, 0.1) is 23.3 Å². The highest BCUT2D eigenvalue weighted by atomic mass is 19.1. The predicted molar refractivity (Wildman–Crippen MR) is 85.6 cm³/mol. The molecule has 2 aromatic rings. The topological polar surface area (TPSA) is 67.2 Å². The standard InChI is InChI=1S/C17H18F2N4O2/c1-22-15(24)6-5-13(16(22)14-7-8-20-23(14)2)21-17(25)11-9-10(18)3-4-12(11)19/h3-4,7-9,13,16H,5-6H2,1-2H3,(H,21,25)/t13-,16-/m1/s1. The quantitative estimate of drug-likeness (QED) is 0.920. The van der Waals surface area contributed by atoms with E-state index in [1.807, 2.05) is 0 Å². The van der Waals surface area contributed by atoms with Gasteiger partial charge in [0, 0.05) is 26.7 Å². The van der Waals surface area contributed by atoms with Gasteiger partial charge >= 0.3 is 0 Å². The zero-order valence-electron chi connectivity index (χ0n) is 13.9. The van der Waals surface area contributed by atoms with Crippen molar-refractivity contribution in [2.45, 2.75) is 24.9 Å². The number of nitrogens with one attached hydrogen (secondary N) is 1. The Kier molecular flexibility index (Phi) is 4.52. The third-order valence-corrected chi connectivity index (χ3v) is 4.51. The number of carbonyl (C=O) groups is 2. The molecule has 1 aliphatic rings. The van der Waals surface area contributed by atoms with Gasteiger partial charge in [-0.05, 0) is 30.7 Å². The Morgan fingerprint density at radius 3 is 2.72 bits per heavy atom. The second-order valence-corrected chi connectivity index (χ2v) is 6.07. The number of amides is 2. The van der Waals surface area contributed by atoms with Crippen molar-refractivity contribution in [3.63, 3.8) is 0 Å². The Hall–Kier alpha value is -2.77. The van der Waals surface area contributed by atoms with Crippen LogP contribution in [0, 0.1) is 11.6 Å². The lowest BCUT2D eigenvalue weighted by atomic mass is 9.93. The molecule has 2 amide bonds. The van der Waals surface area contributed by atoms with Crippen molar-refractivity contribution >= 4 is 11.8 Å². The average Bonchev–Trinajstić information content (AvgIpc) is 2.99. The summed E-state index contributed by atoms with van der Waals surface area (Å²) in [7, 11) is 3.40. The molecule has 1 aromatic heterocycles. The molecule has 1 aliphatic heterocycles. The van der Waals surface area contributed by atoms with Crippen LogP contribution in [0.3, 0.4) is 0 Å². The maximum Gasteiger partial charge on any atom is 0.254 e. The Labute approximate surface area is 143 Å². The number of likely N-dealkylation sites (tertiary alicyclic amines) is 1. The lowest BCUT2D eigenvalue weighted by Crippen LogP contribution is -2.51. The van der Waals surface area contributed by atoms with Gasteiger partial charge in [0.25, 0.3) is 5.91 Å². The van der Waals surface area contributed by atoms with Crippen LogP contribution in [-0.2, 0) is 11.8 Å². The number of piperidine rings is 1. The molecule has 2 atom stereocenters. The van der Waals surface area contributed by atoms with E-state index in [0.717, 1.165) is 23.9 Å². The van der Waals surface area contributed by atoms with Crippen LogP contribution >= 0.6 is 0 Å². The van der Waals surface area contributed by atoms with Gasteiger partial charge in [0.15, 0.2) is 0 Å².